The molecule has 0 fully saturated rings. The van der Waals surface area contributed by atoms with E-state index in [0.717, 1.165) is 12.8 Å². The zero-order valence-electron chi connectivity index (χ0n) is 6.56. The number of carbonyl (C=O) groups is 1. The van der Waals surface area contributed by atoms with E-state index in [1.165, 1.54) is 0 Å². The summed E-state index contributed by atoms with van der Waals surface area (Å²) in [7, 11) is 0. The monoisotopic (exact) mass is 193 g/mol. The minimum atomic E-state index is -0.110. The second kappa shape index (κ2) is 9.09. The van der Waals surface area contributed by atoms with Crippen LogP contribution in [0.1, 0.15) is 26.2 Å². The number of carbonyl (C=O) groups excluding carboxylic acids is 1. The van der Waals surface area contributed by atoms with E-state index in [2.05, 4.69) is 11.7 Å². The van der Waals surface area contributed by atoms with E-state index in [0.29, 0.717) is 13.0 Å². The molecule has 0 atom stereocenters. The van der Waals surface area contributed by atoms with Crippen molar-refractivity contribution in [2.75, 3.05) is 6.61 Å². The van der Waals surface area contributed by atoms with E-state index in [1.54, 1.807) is 0 Å². The summed E-state index contributed by atoms with van der Waals surface area (Å²) in [6, 6.07) is 0. The molecule has 0 aliphatic heterocycles. The van der Waals surface area contributed by atoms with Crippen LogP contribution in [0, 0.1) is 6.92 Å². The molecule has 0 aromatic carbocycles. The largest absolute Gasteiger partial charge is 2.00 e. The van der Waals surface area contributed by atoms with Gasteiger partial charge in [-0.05, 0) is 6.92 Å². The van der Waals surface area contributed by atoms with E-state index in [9.17, 15) is 4.79 Å². The molecule has 2 nitrogen and oxygen atoms in total. The molecule has 3 heteroatoms. The summed E-state index contributed by atoms with van der Waals surface area (Å²) in [6.07, 6.45) is 2.15. The second-order valence-corrected chi connectivity index (χ2v) is 1.76. The summed E-state index contributed by atoms with van der Waals surface area (Å²) in [4.78, 5) is 10.6. The first-order valence-electron chi connectivity index (χ1n) is 3.26. The standard InChI is InChI=1S/C7H13O2.Zn/c1-3-5-6-7(8)9-4-2;/h1,3-6H2,2H3;/q-1;+2. The predicted octanol–water partition coefficient (Wildman–Crippen LogP) is 1.55. The SMILES string of the molecule is [CH2-]CCCC(=O)OCC.[Zn+2]. The summed E-state index contributed by atoms with van der Waals surface area (Å²) in [5.74, 6) is -0.110. The summed E-state index contributed by atoms with van der Waals surface area (Å²) in [6.45, 7) is 5.90. The number of unbranched alkanes of at least 4 members (excludes halogenated alkanes) is 1. The molecule has 0 saturated carbocycles. The molecule has 0 aliphatic rings. The molecule has 0 N–H and O–H groups in total. The van der Waals surface area contributed by atoms with Crippen molar-refractivity contribution in [3.63, 3.8) is 0 Å². The Hall–Kier alpha value is 0.0934. The number of hydrogen-bond donors (Lipinski definition) is 0. The van der Waals surface area contributed by atoms with E-state index in [1.807, 2.05) is 6.92 Å². The van der Waals surface area contributed by atoms with Crippen molar-refractivity contribution in [3.8, 4) is 0 Å². The Morgan fingerprint density at radius 3 is 2.60 bits per heavy atom. The Labute approximate surface area is 75.1 Å². The van der Waals surface area contributed by atoms with Crippen LogP contribution in [0.5, 0.6) is 0 Å². The Morgan fingerprint density at radius 2 is 2.20 bits per heavy atom. The van der Waals surface area contributed by atoms with Gasteiger partial charge in [-0.25, -0.2) is 0 Å². The molecular weight excluding hydrogens is 181 g/mol. The fraction of sp³-hybridized carbons (Fsp3) is 0.714. The van der Waals surface area contributed by atoms with E-state index in [-0.39, 0.29) is 25.4 Å². The van der Waals surface area contributed by atoms with Gasteiger partial charge in [-0.1, -0.05) is 6.42 Å². The van der Waals surface area contributed by atoms with Crippen LogP contribution in [0.15, 0.2) is 0 Å². The molecule has 54 valence electrons. The molecule has 0 heterocycles. The van der Waals surface area contributed by atoms with Gasteiger partial charge in [0.15, 0.2) is 0 Å². The number of ether oxygens (including phenoxy) is 1. The van der Waals surface area contributed by atoms with Gasteiger partial charge in [0.05, 0.1) is 6.61 Å². The predicted molar refractivity (Wildman–Crippen MR) is 35.8 cm³/mol. The van der Waals surface area contributed by atoms with Gasteiger partial charge in [0.1, 0.15) is 0 Å². The quantitative estimate of drug-likeness (QED) is 0.386. The third kappa shape index (κ3) is 8.09. The second-order valence-electron chi connectivity index (χ2n) is 1.76. The van der Waals surface area contributed by atoms with Crippen LogP contribution in [0.3, 0.4) is 0 Å². The first-order chi connectivity index (χ1) is 4.31. The van der Waals surface area contributed by atoms with E-state index < -0.39 is 0 Å². The van der Waals surface area contributed by atoms with E-state index >= 15 is 0 Å². The fourth-order valence-corrected chi connectivity index (χ4v) is 0.502. The average molecular weight is 195 g/mol. The van der Waals surface area contributed by atoms with Crippen LogP contribution in [0.4, 0.5) is 0 Å². The van der Waals surface area contributed by atoms with Gasteiger partial charge in [0, 0.05) is 6.42 Å². The molecule has 0 aromatic rings. The molecule has 0 spiro atoms. The minimum Gasteiger partial charge on any atom is -0.466 e. The van der Waals surface area contributed by atoms with Crippen molar-refractivity contribution in [2.24, 2.45) is 0 Å². The molecule has 0 unspecified atom stereocenters. The van der Waals surface area contributed by atoms with Crippen molar-refractivity contribution in [1.29, 1.82) is 0 Å². The zero-order chi connectivity index (χ0) is 7.11. The number of hydrogen-bond acceptors (Lipinski definition) is 2. The van der Waals surface area contributed by atoms with Crippen LogP contribution in [-0.2, 0) is 29.0 Å². The first-order valence-corrected chi connectivity index (χ1v) is 3.26. The topological polar surface area (TPSA) is 26.3 Å². The van der Waals surface area contributed by atoms with Crippen molar-refractivity contribution in [3.05, 3.63) is 6.92 Å². The third-order valence-corrected chi connectivity index (χ3v) is 0.936. The van der Waals surface area contributed by atoms with Gasteiger partial charge in [0.25, 0.3) is 0 Å². The summed E-state index contributed by atoms with van der Waals surface area (Å²) < 4.78 is 4.68. The van der Waals surface area contributed by atoms with Crippen LogP contribution in [-0.4, -0.2) is 12.6 Å². The Morgan fingerprint density at radius 1 is 1.60 bits per heavy atom. The zero-order valence-corrected chi connectivity index (χ0v) is 9.53. The van der Waals surface area contributed by atoms with Gasteiger partial charge < -0.3 is 11.7 Å². The Bertz CT molecular complexity index is 83.7. The molecule has 0 radical (unpaired) electrons. The van der Waals surface area contributed by atoms with Crippen molar-refractivity contribution in [2.45, 2.75) is 26.2 Å². The Kier molecular flexibility index (Phi) is 11.6. The number of rotatable bonds is 4. The van der Waals surface area contributed by atoms with E-state index in [4.69, 9.17) is 0 Å². The molecule has 0 bridgehead atoms. The van der Waals surface area contributed by atoms with Crippen LogP contribution in [0.25, 0.3) is 0 Å². The first kappa shape index (κ1) is 12.7. The average Bonchev–Trinajstić information content (AvgIpc) is 1.85. The summed E-state index contributed by atoms with van der Waals surface area (Å²) in [5, 5.41) is 0. The van der Waals surface area contributed by atoms with Crippen molar-refractivity contribution < 1.29 is 29.0 Å². The van der Waals surface area contributed by atoms with Gasteiger partial charge in [-0.2, -0.15) is 6.42 Å². The molecular formula is C7H13O2Zn+. The Balaban J connectivity index is 0. The number of esters is 1. The molecule has 0 saturated heterocycles. The molecule has 0 amide bonds. The maximum atomic E-state index is 10.6. The maximum absolute atomic E-state index is 10.6. The van der Waals surface area contributed by atoms with Crippen LogP contribution in [0.2, 0.25) is 0 Å². The van der Waals surface area contributed by atoms with Gasteiger partial charge >= 0.3 is 25.4 Å². The molecule has 0 aromatic heterocycles. The smallest absolute Gasteiger partial charge is 0.466 e. The molecule has 0 aliphatic carbocycles. The van der Waals surface area contributed by atoms with Crippen LogP contribution < -0.4 is 0 Å². The normalized spacial score (nSPS) is 8.20. The molecule has 0 rings (SSSR count). The van der Waals surface area contributed by atoms with Crippen molar-refractivity contribution in [1.82, 2.24) is 0 Å². The van der Waals surface area contributed by atoms with Gasteiger partial charge in [-0.3, -0.25) is 4.79 Å². The fourth-order valence-electron chi connectivity index (χ4n) is 0.502. The third-order valence-electron chi connectivity index (χ3n) is 0.936. The van der Waals surface area contributed by atoms with Crippen LogP contribution >= 0.6 is 0 Å². The van der Waals surface area contributed by atoms with Gasteiger partial charge in [-0.15, -0.1) is 0 Å². The summed E-state index contributed by atoms with van der Waals surface area (Å²) in [5.41, 5.74) is 0. The van der Waals surface area contributed by atoms with Crippen molar-refractivity contribution >= 4 is 5.97 Å². The van der Waals surface area contributed by atoms with Gasteiger partial charge in [0.2, 0.25) is 0 Å². The maximum Gasteiger partial charge on any atom is 2.00 e. The molecule has 10 heavy (non-hydrogen) atoms. The summed E-state index contributed by atoms with van der Waals surface area (Å²) >= 11 is 0. The minimum absolute atomic E-state index is 0.